The molecular weight excluding hydrogens is 397 g/mol. The van der Waals surface area contributed by atoms with Crippen LogP contribution in [0.3, 0.4) is 0 Å². The molecule has 24 heavy (non-hydrogen) atoms. The van der Waals surface area contributed by atoms with Gasteiger partial charge in [-0.2, -0.15) is 0 Å². The van der Waals surface area contributed by atoms with E-state index in [1.54, 1.807) is 6.07 Å². The Morgan fingerprint density at radius 2 is 1.92 bits per heavy atom. The maximum absolute atomic E-state index is 12.0. The molecule has 1 heterocycles. The van der Waals surface area contributed by atoms with Gasteiger partial charge in [-0.25, -0.2) is 17.9 Å². The molecule has 2 aromatic rings. The van der Waals surface area contributed by atoms with Gasteiger partial charge in [0.1, 0.15) is 4.90 Å². The average Bonchev–Trinajstić information content (AvgIpc) is 2.99. The number of ether oxygens (including phenoxy) is 1. The molecule has 10 heteroatoms. The zero-order valence-corrected chi connectivity index (χ0v) is 15.4. The number of rotatable bonds is 6. The van der Waals surface area contributed by atoms with Crippen molar-refractivity contribution in [1.82, 2.24) is 4.72 Å². The van der Waals surface area contributed by atoms with Crippen molar-refractivity contribution in [3.05, 3.63) is 50.1 Å². The lowest BCUT2D eigenvalue weighted by Gasteiger charge is -2.08. The minimum Gasteiger partial charge on any atom is -0.454 e. The monoisotopic (exact) mass is 407 g/mol. The Bertz CT molecular complexity index is 892. The number of benzene rings is 1. The molecule has 0 amide bonds. The molecular formula is C14H11Cl2NO5S2. The van der Waals surface area contributed by atoms with Crippen LogP contribution >= 0.6 is 34.5 Å². The highest BCUT2D eigenvalue weighted by Gasteiger charge is 2.20. The van der Waals surface area contributed by atoms with Crippen LogP contribution < -0.4 is 4.72 Å². The Morgan fingerprint density at radius 1 is 1.21 bits per heavy atom. The summed E-state index contributed by atoms with van der Waals surface area (Å²) < 4.78 is 31.1. The summed E-state index contributed by atoms with van der Waals surface area (Å²) in [5.41, 5.74) is -0.0368. The van der Waals surface area contributed by atoms with E-state index < -0.39 is 28.4 Å². The molecule has 0 aliphatic heterocycles. The van der Waals surface area contributed by atoms with Crippen molar-refractivity contribution in [3.63, 3.8) is 0 Å². The minimum atomic E-state index is -3.83. The van der Waals surface area contributed by atoms with E-state index in [0.29, 0.717) is 9.21 Å². The quantitative estimate of drug-likeness (QED) is 0.586. The van der Waals surface area contributed by atoms with Crippen molar-refractivity contribution >= 4 is 56.3 Å². The number of esters is 1. The van der Waals surface area contributed by atoms with Crippen LogP contribution in [0.4, 0.5) is 0 Å². The fourth-order valence-electron chi connectivity index (χ4n) is 1.70. The van der Waals surface area contributed by atoms with Crippen molar-refractivity contribution in [2.75, 3.05) is 13.7 Å². The Kier molecular flexibility index (Phi) is 6.00. The second-order valence-electron chi connectivity index (χ2n) is 4.46. The van der Waals surface area contributed by atoms with Crippen LogP contribution in [0.2, 0.25) is 9.36 Å². The van der Waals surface area contributed by atoms with E-state index in [9.17, 15) is 18.0 Å². The molecule has 0 unspecified atom stereocenters. The highest BCUT2D eigenvalue weighted by molar-refractivity contribution is 7.89. The molecule has 0 saturated heterocycles. The van der Waals surface area contributed by atoms with Gasteiger partial charge in [-0.15, -0.1) is 11.3 Å². The van der Waals surface area contributed by atoms with E-state index in [0.717, 1.165) is 17.4 Å². The molecule has 128 valence electrons. The highest BCUT2D eigenvalue weighted by Crippen LogP contribution is 2.24. The summed E-state index contributed by atoms with van der Waals surface area (Å²) in [5, 5.41) is -0.0368. The smallest absolute Gasteiger partial charge is 0.338 e. The van der Waals surface area contributed by atoms with Crippen LogP contribution in [-0.2, 0) is 14.8 Å². The molecule has 0 aliphatic carbocycles. The van der Waals surface area contributed by atoms with Crippen LogP contribution in [0.5, 0.6) is 0 Å². The van der Waals surface area contributed by atoms with Gasteiger partial charge in [0.15, 0.2) is 6.61 Å². The van der Waals surface area contributed by atoms with Crippen LogP contribution in [0, 0.1) is 0 Å². The van der Waals surface area contributed by atoms with Crippen LogP contribution in [0.15, 0.2) is 35.2 Å². The molecule has 0 bridgehead atoms. The molecule has 0 saturated carbocycles. The number of Topliss-reactive ketones (excluding diaryl/α,β-unsaturated/α-hetero) is 1. The Morgan fingerprint density at radius 3 is 2.50 bits per heavy atom. The third-order valence-electron chi connectivity index (χ3n) is 2.91. The number of hydrogen-bond acceptors (Lipinski definition) is 6. The van der Waals surface area contributed by atoms with E-state index in [2.05, 4.69) is 4.72 Å². The first kappa shape index (κ1) is 18.9. The fraction of sp³-hybridized carbons (Fsp3) is 0.143. The topological polar surface area (TPSA) is 89.5 Å². The maximum atomic E-state index is 12.0. The maximum Gasteiger partial charge on any atom is 0.338 e. The summed E-state index contributed by atoms with van der Waals surface area (Å²) >= 11 is 12.6. The molecule has 1 aromatic heterocycles. The lowest BCUT2D eigenvalue weighted by atomic mass is 10.2. The number of carbonyl (C=O) groups excluding carboxylic acids is 2. The van der Waals surface area contributed by atoms with Crippen molar-refractivity contribution < 1.29 is 22.7 Å². The molecule has 1 aromatic carbocycles. The number of thiophene rings is 1. The van der Waals surface area contributed by atoms with Gasteiger partial charge in [0.25, 0.3) is 0 Å². The largest absolute Gasteiger partial charge is 0.454 e. The molecule has 0 fully saturated rings. The first-order valence-corrected chi connectivity index (χ1v) is 9.49. The van der Waals surface area contributed by atoms with E-state index in [4.69, 9.17) is 27.9 Å². The Balaban J connectivity index is 2.13. The SMILES string of the molecule is CNS(=O)(=O)c1cc(C(=O)OCC(=O)c2ccc(Cl)s2)ccc1Cl. The predicted octanol–water partition coefficient (Wildman–Crippen LogP) is 3.00. The van der Waals surface area contributed by atoms with Crippen molar-refractivity contribution in [3.8, 4) is 0 Å². The standard InChI is InChI=1S/C14H11Cl2NO5S2/c1-17-24(20,21)12-6-8(2-3-9(12)15)14(19)22-7-10(18)11-4-5-13(16)23-11/h2-6,17H,7H2,1H3. The first-order valence-electron chi connectivity index (χ1n) is 6.43. The summed E-state index contributed by atoms with van der Waals surface area (Å²) in [7, 11) is -2.60. The first-order chi connectivity index (χ1) is 11.2. The number of ketones is 1. The van der Waals surface area contributed by atoms with Crippen molar-refractivity contribution in [1.29, 1.82) is 0 Å². The third kappa shape index (κ3) is 4.34. The van der Waals surface area contributed by atoms with Gasteiger partial charge in [0, 0.05) is 0 Å². The molecule has 2 rings (SSSR count). The lowest BCUT2D eigenvalue weighted by molar-refractivity contribution is 0.0475. The van der Waals surface area contributed by atoms with Gasteiger partial charge in [-0.1, -0.05) is 23.2 Å². The number of halogens is 2. The molecule has 0 aliphatic rings. The second kappa shape index (κ2) is 7.62. The number of hydrogen-bond donors (Lipinski definition) is 1. The summed E-state index contributed by atoms with van der Waals surface area (Å²) in [6.45, 7) is -0.480. The molecule has 0 radical (unpaired) electrons. The predicted molar refractivity (Wildman–Crippen MR) is 91.6 cm³/mol. The minimum absolute atomic E-state index is 0.0368. The van der Waals surface area contributed by atoms with Crippen molar-refractivity contribution in [2.45, 2.75) is 4.90 Å². The molecule has 0 spiro atoms. The van der Waals surface area contributed by atoms with E-state index in [1.807, 2.05) is 0 Å². The van der Waals surface area contributed by atoms with Gasteiger partial charge >= 0.3 is 5.97 Å². The zero-order valence-electron chi connectivity index (χ0n) is 12.2. The fourth-order valence-corrected chi connectivity index (χ4v) is 3.91. The Hall–Kier alpha value is -1.45. The number of nitrogens with one attached hydrogen (secondary N) is 1. The van der Waals surface area contributed by atoms with Crippen LogP contribution in [-0.4, -0.2) is 33.8 Å². The zero-order chi connectivity index (χ0) is 17.9. The van der Waals surface area contributed by atoms with E-state index in [1.165, 1.54) is 25.2 Å². The van der Waals surface area contributed by atoms with E-state index in [-0.39, 0.29) is 15.5 Å². The second-order valence-corrected chi connectivity index (χ2v) is 8.43. The van der Waals surface area contributed by atoms with Gasteiger partial charge in [-0.3, -0.25) is 4.79 Å². The summed E-state index contributed by atoms with van der Waals surface area (Å²) in [6, 6.07) is 6.76. The van der Waals surface area contributed by atoms with Gasteiger partial charge < -0.3 is 4.74 Å². The lowest BCUT2D eigenvalue weighted by Crippen LogP contribution is -2.20. The number of sulfonamides is 1. The van der Waals surface area contributed by atoms with E-state index >= 15 is 0 Å². The molecule has 1 N–H and O–H groups in total. The average molecular weight is 408 g/mol. The third-order valence-corrected chi connectivity index (χ3v) is 6.08. The number of carbonyl (C=O) groups is 2. The summed E-state index contributed by atoms with van der Waals surface area (Å²) in [6.07, 6.45) is 0. The summed E-state index contributed by atoms with van der Waals surface area (Å²) in [4.78, 5) is 24.0. The van der Waals surface area contributed by atoms with Crippen molar-refractivity contribution in [2.24, 2.45) is 0 Å². The summed E-state index contributed by atoms with van der Waals surface area (Å²) in [5.74, 6) is -1.24. The van der Waals surface area contributed by atoms with Crippen LogP contribution in [0.25, 0.3) is 0 Å². The molecule has 6 nitrogen and oxygen atoms in total. The normalized spacial score (nSPS) is 11.3. The van der Waals surface area contributed by atoms with Gasteiger partial charge in [0.2, 0.25) is 15.8 Å². The van der Waals surface area contributed by atoms with Gasteiger partial charge in [-0.05, 0) is 37.4 Å². The van der Waals surface area contributed by atoms with Crippen LogP contribution in [0.1, 0.15) is 20.0 Å². The molecule has 0 atom stereocenters. The Labute approximate surface area is 152 Å². The van der Waals surface area contributed by atoms with Gasteiger partial charge in [0.05, 0.1) is 19.8 Å². The highest BCUT2D eigenvalue weighted by atomic mass is 35.5.